The van der Waals surface area contributed by atoms with Crippen molar-refractivity contribution in [3.63, 3.8) is 0 Å². The predicted octanol–water partition coefficient (Wildman–Crippen LogP) is 4.61. The number of methoxy groups -OCH3 is 1. The maximum Gasteiger partial charge on any atom is 0.243 e. The summed E-state index contributed by atoms with van der Waals surface area (Å²) in [5, 5.41) is 3.55. The highest BCUT2D eigenvalue weighted by Gasteiger charge is 2.30. The number of carbonyl (C=O) groups excluding carboxylic acids is 2. The van der Waals surface area contributed by atoms with Crippen molar-refractivity contribution in [3.05, 3.63) is 64.7 Å². The summed E-state index contributed by atoms with van der Waals surface area (Å²) in [4.78, 5) is 28.0. The summed E-state index contributed by atoms with van der Waals surface area (Å²) in [5.41, 5.74) is 1.24. The van der Waals surface area contributed by atoms with Gasteiger partial charge in [0.25, 0.3) is 0 Å². The molecule has 6 heteroatoms. The van der Waals surface area contributed by atoms with Crippen molar-refractivity contribution in [2.75, 3.05) is 7.11 Å². The molecule has 1 atom stereocenters. The van der Waals surface area contributed by atoms with Gasteiger partial charge in [-0.05, 0) is 56.5 Å². The number of nitrogens with one attached hydrogen (secondary N) is 1. The number of halogens is 1. The molecule has 0 fully saturated rings. The molecule has 0 spiro atoms. The Bertz CT molecular complexity index is 877. The van der Waals surface area contributed by atoms with Crippen LogP contribution in [0, 0.1) is 0 Å². The van der Waals surface area contributed by atoms with Crippen LogP contribution in [0.1, 0.15) is 45.2 Å². The number of ether oxygens (including phenoxy) is 1. The van der Waals surface area contributed by atoms with E-state index in [0.29, 0.717) is 23.7 Å². The van der Waals surface area contributed by atoms with Gasteiger partial charge in [0.1, 0.15) is 11.8 Å². The Labute approximate surface area is 184 Å². The number of nitrogens with zero attached hydrogens (tertiary/aromatic N) is 1. The third kappa shape index (κ3) is 6.77. The number of benzene rings is 2. The lowest BCUT2D eigenvalue weighted by Crippen LogP contribution is -2.53. The summed E-state index contributed by atoms with van der Waals surface area (Å²) in [6.07, 6.45) is 0.628. The first kappa shape index (κ1) is 23.7. The SMILES string of the molecule is CCC(C(=O)NC(C)(C)C)N(Cc1cccc(OC)c1)C(=O)Cc1ccccc1Cl. The molecule has 162 valence electrons. The summed E-state index contributed by atoms with van der Waals surface area (Å²) >= 11 is 6.27. The fourth-order valence-electron chi connectivity index (χ4n) is 3.25. The number of amides is 2. The van der Waals surface area contributed by atoms with E-state index in [9.17, 15) is 9.59 Å². The standard InChI is InChI=1S/C24H31ClN2O3/c1-6-21(23(29)26-24(2,3)4)27(16-17-10-9-12-19(14-17)30-5)22(28)15-18-11-7-8-13-20(18)25/h7-14,21H,6,15-16H2,1-5H3,(H,26,29). The van der Waals surface area contributed by atoms with Crippen molar-refractivity contribution < 1.29 is 14.3 Å². The van der Waals surface area contributed by atoms with Crippen LogP contribution in [0.2, 0.25) is 5.02 Å². The molecule has 0 heterocycles. The minimum atomic E-state index is -0.592. The van der Waals surface area contributed by atoms with Crippen molar-refractivity contribution in [2.24, 2.45) is 0 Å². The van der Waals surface area contributed by atoms with Crippen LogP contribution < -0.4 is 10.1 Å². The molecule has 1 N–H and O–H groups in total. The minimum absolute atomic E-state index is 0.128. The number of rotatable bonds is 8. The van der Waals surface area contributed by atoms with Gasteiger partial charge < -0.3 is 15.0 Å². The molecule has 0 radical (unpaired) electrons. The Hall–Kier alpha value is -2.53. The first-order valence-corrected chi connectivity index (χ1v) is 10.5. The zero-order valence-electron chi connectivity index (χ0n) is 18.4. The van der Waals surface area contributed by atoms with Gasteiger partial charge in [-0.2, -0.15) is 0 Å². The Morgan fingerprint density at radius 1 is 1.13 bits per heavy atom. The zero-order valence-corrected chi connectivity index (χ0v) is 19.1. The normalized spacial score (nSPS) is 12.2. The summed E-state index contributed by atoms with van der Waals surface area (Å²) in [6, 6.07) is 14.2. The quantitative estimate of drug-likeness (QED) is 0.665. The van der Waals surface area contributed by atoms with Crippen LogP contribution in [0.3, 0.4) is 0 Å². The van der Waals surface area contributed by atoms with Crippen LogP contribution in [0.4, 0.5) is 0 Å². The van der Waals surface area contributed by atoms with Gasteiger partial charge in [-0.25, -0.2) is 0 Å². The van der Waals surface area contributed by atoms with Crippen LogP contribution >= 0.6 is 11.6 Å². The third-order valence-electron chi connectivity index (χ3n) is 4.67. The molecule has 2 amide bonds. The average Bonchev–Trinajstić information content (AvgIpc) is 2.68. The molecule has 0 aromatic heterocycles. The van der Waals surface area contributed by atoms with Crippen molar-refractivity contribution in [1.82, 2.24) is 10.2 Å². The molecule has 5 nitrogen and oxygen atoms in total. The average molecular weight is 431 g/mol. The van der Waals surface area contributed by atoms with Crippen LogP contribution in [-0.4, -0.2) is 35.4 Å². The van der Waals surface area contributed by atoms with E-state index in [1.807, 2.05) is 70.2 Å². The van der Waals surface area contributed by atoms with E-state index in [1.165, 1.54) is 0 Å². The van der Waals surface area contributed by atoms with Crippen LogP contribution in [-0.2, 0) is 22.6 Å². The van der Waals surface area contributed by atoms with E-state index < -0.39 is 11.6 Å². The fourth-order valence-corrected chi connectivity index (χ4v) is 3.45. The smallest absolute Gasteiger partial charge is 0.243 e. The molecule has 30 heavy (non-hydrogen) atoms. The monoisotopic (exact) mass is 430 g/mol. The van der Waals surface area contributed by atoms with Crippen LogP contribution in [0.5, 0.6) is 5.75 Å². The van der Waals surface area contributed by atoms with Gasteiger partial charge in [0.2, 0.25) is 11.8 Å². The zero-order chi connectivity index (χ0) is 22.3. The lowest BCUT2D eigenvalue weighted by molar-refractivity contribution is -0.141. The molecule has 2 aromatic carbocycles. The van der Waals surface area contributed by atoms with Gasteiger partial charge >= 0.3 is 0 Å². The topological polar surface area (TPSA) is 58.6 Å². The molecule has 0 saturated heterocycles. The highest BCUT2D eigenvalue weighted by atomic mass is 35.5. The van der Waals surface area contributed by atoms with Gasteiger partial charge in [0.05, 0.1) is 13.5 Å². The van der Waals surface area contributed by atoms with Crippen molar-refractivity contribution in [3.8, 4) is 5.75 Å². The van der Waals surface area contributed by atoms with E-state index in [4.69, 9.17) is 16.3 Å². The first-order chi connectivity index (χ1) is 14.1. The van der Waals surface area contributed by atoms with Gasteiger partial charge in [0.15, 0.2) is 0 Å². The minimum Gasteiger partial charge on any atom is -0.497 e. The highest BCUT2D eigenvalue weighted by Crippen LogP contribution is 2.21. The summed E-state index contributed by atoms with van der Waals surface area (Å²) in [6.45, 7) is 7.99. The second-order valence-electron chi connectivity index (χ2n) is 8.30. The molecule has 0 aliphatic rings. The second-order valence-corrected chi connectivity index (χ2v) is 8.71. The Balaban J connectivity index is 2.35. The highest BCUT2D eigenvalue weighted by molar-refractivity contribution is 6.31. The fraction of sp³-hybridized carbons (Fsp3) is 0.417. The molecule has 0 saturated carbocycles. The van der Waals surface area contributed by atoms with Crippen LogP contribution in [0.15, 0.2) is 48.5 Å². The predicted molar refractivity (Wildman–Crippen MR) is 121 cm³/mol. The molecule has 2 rings (SSSR count). The van der Waals surface area contributed by atoms with E-state index in [0.717, 1.165) is 11.1 Å². The molecule has 0 aliphatic heterocycles. The molecule has 0 aliphatic carbocycles. The maximum absolute atomic E-state index is 13.4. The van der Waals surface area contributed by atoms with E-state index in [1.54, 1.807) is 18.1 Å². The van der Waals surface area contributed by atoms with Crippen molar-refractivity contribution >= 4 is 23.4 Å². The molecular formula is C24H31ClN2O3. The Morgan fingerprint density at radius 2 is 1.83 bits per heavy atom. The maximum atomic E-state index is 13.4. The Morgan fingerprint density at radius 3 is 2.43 bits per heavy atom. The molecule has 1 unspecified atom stereocenters. The molecular weight excluding hydrogens is 400 g/mol. The van der Waals surface area contributed by atoms with Crippen molar-refractivity contribution in [2.45, 2.75) is 58.7 Å². The summed E-state index contributed by atoms with van der Waals surface area (Å²) in [7, 11) is 1.60. The molecule has 2 aromatic rings. The number of hydrogen-bond donors (Lipinski definition) is 1. The van der Waals surface area contributed by atoms with E-state index in [-0.39, 0.29) is 18.2 Å². The lowest BCUT2D eigenvalue weighted by atomic mass is 10.0. The third-order valence-corrected chi connectivity index (χ3v) is 5.04. The largest absolute Gasteiger partial charge is 0.497 e. The summed E-state index contributed by atoms with van der Waals surface area (Å²) < 4.78 is 5.31. The van der Waals surface area contributed by atoms with Gasteiger partial charge in [0, 0.05) is 17.1 Å². The van der Waals surface area contributed by atoms with Gasteiger partial charge in [-0.15, -0.1) is 0 Å². The lowest BCUT2D eigenvalue weighted by Gasteiger charge is -2.33. The van der Waals surface area contributed by atoms with Crippen LogP contribution in [0.25, 0.3) is 0 Å². The molecule has 0 bridgehead atoms. The van der Waals surface area contributed by atoms with Gasteiger partial charge in [-0.1, -0.05) is 48.9 Å². The Kier molecular flexibility index (Phi) is 8.30. The second kappa shape index (κ2) is 10.5. The number of carbonyl (C=O) groups is 2. The van der Waals surface area contributed by atoms with Crippen molar-refractivity contribution in [1.29, 1.82) is 0 Å². The first-order valence-electron chi connectivity index (χ1n) is 10.1. The van der Waals surface area contributed by atoms with E-state index in [2.05, 4.69) is 5.32 Å². The number of hydrogen-bond acceptors (Lipinski definition) is 3. The van der Waals surface area contributed by atoms with E-state index >= 15 is 0 Å². The van der Waals surface area contributed by atoms with Gasteiger partial charge in [-0.3, -0.25) is 9.59 Å². The summed E-state index contributed by atoms with van der Waals surface area (Å²) in [5.74, 6) is 0.389.